The van der Waals surface area contributed by atoms with E-state index in [1.165, 1.54) is 18.9 Å². The summed E-state index contributed by atoms with van der Waals surface area (Å²) in [5.74, 6) is 0.675. The fourth-order valence-electron chi connectivity index (χ4n) is 3.21. The van der Waals surface area contributed by atoms with E-state index in [1.54, 1.807) is 18.2 Å². The number of nitrogens with one attached hydrogen (secondary N) is 1. The normalized spacial score (nSPS) is 20.5. The SMILES string of the molecule is C=C(/C=C(\C=C/C)SC1/C(=N/S(=O)(=O)c2ccc(C(C)(C)C)cc2)NOC1CCCC=O)OC. The lowest BCUT2D eigenvalue weighted by Gasteiger charge is -2.19. The van der Waals surface area contributed by atoms with Crippen molar-refractivity contribution in [1.29, 1.82) is 0 Å². The number of allylic oxidation sites excluding steroid dienone is 3. The first kappa shape index (κ1) is 27.9. The van der Waals surface area contributed by atoms with Gasteiger partial charge in [-0.2, -0.15) is 8.42 Å². The van der Waals surface area contributed by atoms with Crippen LogP contribution >= 0.6 is 11.8 Å². The Hall–Kier alpha value is -2.36. The Morgan fingerprint density at radius 1 is 1.29 bits per heavy atom. The second-order valence-electron chi connectivity index (χ2n) is 8.84. The zero-order valence-electron chi connectivity index (χ0n) is 20.4. The molecule has 2 atom stereocenters. The fourth-order valence-corrected chi connectivity index (χ4v) is 5.53. The fraction of sp³-hybridized carbons (Fsp3) is 0.440. The molecular formula is C25H34N2O5S2. The molecule has 1 aliphatic heterocycles. The number of nitrogens with zero attached hydrogens (tertiary/aromatic N) is 1. The second kappa shape index (κ2) is 12.4. The van der Waals surface area contributed by atoms with Gasteiger partial charge in [-0.25, -0.2) is 0 Å². The van der Waals surface area contributed by atoms with Gasteiger partial charge < -0.3 is 9.53 Å². The summed E-state index contributed by atoms with van der Waals surface area (Å²) in [5, 5.41) is -0.428. The highest BCUT2D eigenvalue weighted by molar-refractivity contribution is 8.04. The first-order valence-corrected chi connectivity index (χ1v) is 13.4. The molecule has 1 saturated heterocycles. The van der Waals surface area contributed by atoms with Crippen molar-refractivity contribution in [2.45, 2.75) is 68.6 Å². The number of hydroxylamine groups is 1. The van der Waals surface area contributed by atoms with Gasteiger partial charge in [0.2, 0.25) is 0 Å². The van der Waals surface area contributed by atoms with Crippen molar-refractivity contribution < 1.29 is 22.8 Å². The summed E-state index contributed by atoms with van der Waals surface area (Å²) in [6.07, 6.45) is 7.60. The van der Waals surface area contributed by atoms with Gasteiger partial charge in [-0.1, -0.05) is 51.6 Å². The minimum Gasteiger partial charge on any atom is -0.497 e. The number of hydrogen-bond acceptors (Lipinski definition) is 6. The third-order valence-corrected chi connectivity index (χ3v) is 7.74. The van der Waals surface area contributed by atoms with E-state index in [1.807, 2.05) is 31.2 Å². The van der Waals surface area contributed by atoms with Crippen LogP contribution in [0, 0.1) is 0 Å². The number of ether oxygens (including phenoxy) is 1. The number of methoxy groups -OCH3 is 1. The maximum absolute atomic E-state index is 13.1. The molecule has 1 aromatic carbocycles. The minimum absolute atomic E-state index is 0.0900. The van der Waals surface area contributed by atoms with Crippen LogP contribution in [-0.4, -0.2) is 39.0 Å². The quantitative estimate of drug-likeness (QED) is 0.194. The molecule has 2 rings (SSSR count). The Morgan fingerprint density at radius 2 is 1.97 bits per heavy atom. The molecule has 186 valence electrons. The Labute approximate surface area is 207 Å². The topological polar surface area (TPSA) is 94.1 Å². The van der Waals surface area contributed by atoms with Crippen LogP contribution in [-0.2, 0) is 29.8 Å². The summed E-state index contributed by atoms with van der Waals surface area (Å²) < 4.78 is 35.5. The van der Waals surface area contributed by atoms with Gasteiger partial charge >= 0.3 is 0 Å². The molecule has 1 fully saturated rings. The molecule has 0 bridgehead atoms. The molecule has 0 aromatic heterocycles. The van der Waals surface area contributed by atoms with Crippen LogP contribution < -0.4 is 5.48 Å². The number of carbonyl (C=O) groups is 1. The summed E-state index contributed by atoms with van der Waals surface area (Å²) in [7, 11) is -2.44. The standard InChI is InChI=1S/C25H34N2O5S2/c1-7-10-20(17-18(2)31-6)33-23-22(11-8-9-16-28)32-26-24(23)27-34(29,30)21-14-12-19(13-15-21)25(3,4)5/h7,10,12-17,22-23H,2,8-9,11H2,1,3-6H3,(H,26,27)/b10-7-,20-17+. The maximum Gasteiger partial charge on any atom is 0.284 e. The predicted octanol–water partition coefficient (Wildman–Crippen LogP) is 5.07. The van der Waals surface area contributed by atoms with Crippen molar-refractivity contribution in [2.24, 2.45) is 4.40 Å². The van der Waals surface area contributed by atoms with Crippen LogP contribution in [0.2, 0.25) is 0 Å². The van der Waals surface area contributed by atoms with E-state index in [4.69, 9.17) is 9.57 Å². The molecule has 1 N–H and O–H groups in total. The van der Waals surface area contributed by atoms with E-state index in [0.717, 1.165) is 16.8 Å². The Balaban J connectivity index is 2.39. The number of carbonyl (C=O) groups excluding carboxylic acids is 1. The smallest absolute Gasteiger partial charge is 0.284 e. The molecular weight excluding hydrogens is 472 g/mol. The summed E-state index contributed by atoms with van der Waals surface area (Å²) in [6.45, 7) is 11.9. The molecule has 2 unspecified atom stereocenters. The minimum atomic E-state index is -3.97. The van der Waals surface area contributed by atoms with E-state index < -0.39 is 15.3 Å². The molecule has 1 heterocycles. The molecule has 9 heteroatoms. The highest BCUT2D eigenvalue weighted by atomic mass is 32.2. The number of benzene rings is 1. The summed E-state index contributed by atoms with van der Waals surface area (Å²) in [6, 6.07) is 6.77. The molecule has 0 radical (unpaired) electrons. The van der Waals surface area contributed by atoms with E-state index in [2.05, 4.69) is 37.2 Å². The monoisotopic (exact) mass is 506 g/mol. The number of amidine groups is 1. The molecule has 34 heavy (non-hydrogen) atoms. The third kappa shape index (κ3) is 7.85. The van der Waals surface area contributed by atoms with Gasteiger partial charge in [0, 0.05) is 11.3 Å². The lowest BCUT2D eigenvalue weighted by Crippen LogP contribution is -2.26. The lowest BCUT2D eigenvalue weighted by atomic mass is 9.87. The number of aldehydes is 1. The van der Waals surface area contributed by atoms with E-state index >= 15 is 0 Å². The van der Waals surface area contributed by atoms with Gasteiger partial charge in [-0.15, -0.1) is 16.2 Å². The zero-order valence-corrected chi connectivity index (χ0v) is 22.0. The van der Waals surface area contributed by atoms with Gasteiger partial charge in [-0.05, 0) is 49.0 Å². The van der Waals surface area contributed by atoms with Gasteiger partial charge in [-0.3, -0.25) is 10.3 Å². The molecule has 1 aromatic rings. The number of thioether (sulfide) groups is 1. The van der Waals surface area contributed by atoms with Crippen molar-refractivity contribution in [1.82, 2.24) is 5.48 Å². The highest BCUT2D eigenvalue weighted by Gasteiger charge is 2.37. The highest BCUT2D eigenvalue weighted by Crippen LogP contribution is 2.33. The first-order chi connectivity index (χ1) is 16.0. The van der Waals surface area contributed by atoms with Gasteiger partial charge in [0.15, 0.2) is 5.84 Å². The van der Waals surface area contributed by atoms with E-state index in [0.29, 0.717) is 25.0 Å². The molecule has 0 spiro atoms. The van der Waals surface area contributed by atoms with Crippen LogP contribution in [0.4, 0.5) is 0 Å². The largest absolute Gasteiger partial charge is 0.497 e. The van der Waals surface area contributed by atoms with Crippen molar-refractivity contribution in [2.75, 3.05) is 7.11 Å². The van der Waals surface area contributed by atoms with Crippen LogP contribution in [0.1, 0.15) is 52.5 Å². The Morgan fingerprint density at radius 3 is 2.53 bits per heavy atom. The predicted molar refractivity (Wildman–Crippen MR) is 138 cm³/mol. The first-order valence-electron chi connectivity index (χ1n) is 11.1. The summed E-state index contributed by atoms with van der Waals surface area (Å²) in [5.41, 5.74) is 3.66. The van der Waals surface area contributed by atoms with Crippen LogP contribution in [0.25, 0.3) is 0 Å². The Bertz CT molecular complexity index is 1050. The zero-order chi connectivity index (χ0) is 25.4. The van der Waals surface area contributed by atoms with Crippen LogP contribution in [0.3, 0.4) is 0 Å². The molecule has 1 aliphatic rings. The van der Waals surface area contributed by atoms with Crippen LogP contribution in [0.15, 0.2) is 69.0 Å². The number of sulfonamides is 1. The average Bonchev–Trinajstić information content (AvgIpc) is 3.14. The number of rotatable bonds is 11. The number of unbranched alkanes of at least 4 members (excludes halogenated alkanes) is 1. The van der Waals surface area contributed by atoms with Crippen molar-refractivity contribution in [3.05, 3.63) is 65.3 Å². The molecule has 0 aliphatic carbocycles. The lowest BCUT2D eigenvalue weighted by molar-refractivity contribution is -0.108. The van der Waals surface area contributed by atoms with Crippen molar-refractivity contribution in [3.8, 4) is 0 Å². The van der Waals surface area contributed by atoms with E-state index in [9.17, 15) is 13.2 Å². The van der Waals surface area contributed by atoms with Crippen molar-refractivity contribution >= 4 is 33.9 Å². The average molecular weight is 507 g/mol. The molecule has 0 amide bonds. The number of hydrogen-bond donors (Lipinski definition) is 1. The second-order valence-corrected chi connectivity index (χ2v) is 11.7. The maximum atomic E-state index is 13.1. The van der Waals surface area contributed by atoms with Gasteiger partial charge in [0.1, 0.15) is 18.1 Å². The third-order valence-electron chi connectivity index (χ3n) is 5.13. The van der Waals surface area contributed by atoms with Gasteiger partial charge in [0.25, 0.3) is 10.0 Å². The van der Waals surface area contributed by atoms with E-state index in [-0.39, 0.29) is 22.3 Å². The van der Waals surface area contributed by atoms with Gasteiger partial charge in [0.05, 0.1) is 17.3 Å². The van der Waals surface area contributed by atoms with Crippen LogP contribution in [0.5, 0.6) is 0 Å². The molecule has 7 nitrogen and oxygen atoms in total. The van der Waals surface area contributed by atoms with Crippen molar-refractivity contribution in [3.63, 3.8) is 0 Å². The summed E-state index contributed by atoms with van der Waals surface area (Å²) in [4.78, 5) is 17.4. The summed E-state index contributed by atoms with van der Waals surface area (Å²) >= 11 is 1.40. The Kier molecular flexibility index (Phi) is 10.1. The molecule has 0 saturated carbocycles.